The van der Waals surface area contributed by atoms with Crippen LogP contribution in [0.3, 0.4) is 0 Å². The van der Waals surface area contributed by atoms with Crippen molar-refractivity contribution < 1.29 is 5.11 Å². The van der Waals surface area contributed by atoms with Crippen LogP contribution in [0.4, 0.5) is 0 Å². The Bertz CT molecular complexity index is 263. The van der Waals surface area contributed by atoms with Gasteiger partial charge in [0.25, 0.3) is 0 Å². The molecule has 1 fully saturated rings. The van der Waals surface area contributed by atoms with Gasteiger partial charge in [0.05, 0.1) is 0 Å². The number of hydrogen-bond donors (Lipinski definition) is 2. The summed E-state index contributed by atoms with van der Waals surface area (Å²) in [6.07, 6.45) is 13.0. The Morgan fingerprint density at radius 1 is 1.14 bits per heavy atom. The molecule has 0 aromatic carbocycles. The highest BCUT2D eigenvalue weighted by atomic mass is 16.3. The van der Waals surface area contributed by atoms with Gasteiger partial charge in [0.2, 0.25) is 0 Å². The van der Waals surface area contributed by atoms with Crippen LogP contribution in [0.15, 0.2) is 35.5 Å². The predicted molar refractivity (Wildman–Crippen MR) is 57.8 cm³/mol. The molecule has 0 spiro atoms. The van der Waals surface area contributed by atoms with Gasteiger partial charge in [-0.05, 0) is 43.4 Å². The van der Waals surface area contributed by atoms with Crippen molar-refractivity contribution in [3.63, 3.8) is 0 Å². The Labute approximate surface area is 85.0 Å². The minimum absolute atomic E-state index is 0.214. The number of aliphatic hydroxyl groups is 1. The lowest BCUT2D eigenvalue weighted by atomic mass is 10.1. The lowest BCUT2D eigenvalue weighted by Gasteiger charge is -2.17. The smallest absolute Gasteiger partial charge is 0.104 e. The fraction of sp³-hybridized carbons (Fsp3) is 0.500. The molecule has 2 bridgehead atoms. The van der Waals surface area contributed by atoms with Crippen LogP contribution in [0, 0.1) is 0 Å². The third-order valence-electron chi connectivity index (χ3n) is 2.72. The molecule has 14 heavy (non-hydrogen) atoms. The summed E-state index contributed by atoms with van der Waals surface area (Å²) in [6, 6.07) is 0. The van der Waals surface area contributed by atoms with Crippen LogP contribution in [-0.4, -0.2) is 17.9 Å². The third-order valence-corrected chi connectivity index (χ3v) is 2.72. The molecule has 3 rings (SSSR count). The summed E-state index contributed by atoms with van der Waals surface area (Å²) in [6.45, 7) is 0.987. The van der Waals surface area contributed by atoms with Crippen molar-refractivity contribution in [3.8, 4) is 0 Å². The van der Waals surface area contributed by atoms with Crippen LogP contribution in [-0.2, 0) is 0 Å². The maximum Gasteiger partial charge on any atom is 0.104 e. The fourth-order valence-corrected chi connectivity index (χ4v) is 1.84. The van der Waals surface area contributed by atoms with E-state index in [-0.39, 0.29) is 6.23 Å². The van der Waals surface area contributed by atoms with E-state index in [0.717, 1.165) is 13.0 Å². The zero-order chi connectivity index (χ0) is 9.80. The number of nitrogens with one attached hydrogen (secondary N) is 1. The van der Waals surface area contributed by atoms with E-state index in [0.29, 0.717) is 0 Å². The highest BCUT2D eigenvalue weighted by Crippen LogP contribution is 2.27. The number of hydrogen-bond acceptors (Lipinski definition) is 2. The van der Waals surface area contributed by atoms with E-state index in [1.54, 1.807) is 0 Å². The average Bonchev–Trinajstić information content (AvgIpc) is 2.83. The van der Waals surface area contributed by atoms with Crippen molar-refractivity contribution in [3.05, 3.63) is 35.5 Å². The molecule has 0 radical (unpaired) electrons. The van der Waals surface area contributed by atoms with Gasteiger partial charge in [-0.1, -0.05) is 24.3 Å². The van der Waals surface area contributed by atoms with Gasteiger partial charge in [-0.15, -0.1) is 0 Å². The van der Waals surface area contributed by atoms with E-state index < -0.39 is 0 Å². The monoisotopic (exact) mass is 191 g/mol. The lowest BCUT2D eigenvalue weighted by Crippen LogP contribution is -2.33. The third kappa shape index (κ3) is 2.56. The van der Waals surface area contributed by atoms with Gasteiger partial charge in [0, 0.05) is 0 Å². The molecule has 2 heteroatoms. The fourth-order valence-electron chi connectivity index (χ4n) is 1.84. The Hall–Kier alpha value is -0.860. The van der Waals surface area contributed by atoms with E-state index in [2.05, 4.69) is 29.6 Å². The van der Waals surface area contributed by atoms with Crippen molar-refractivity contribution >= 4 is 0 Å². The summed E-state index contributed by atoms with van der Waals surface area (Å²) in [5.41, 5.74) is 2.94. The highest BCUT2D eigenvalue weighted by Gasteiger charge is 2.07. The Morgan fingerprint density at radius 2 is 1.86 bits per heavy atom. The van der Waals surface area contributed by atoms with Gasteiger partial charge in [0.1, 0.15) is 6.23 Å². The molecule has 1 heterocycles. The SMILES string of the molecule is C1=CC2=CC=C1C2.OC1CCCCN1. The zero-order valence-electron chi connectivity index (χ0n) is 8.37. The normalized spacial score (nSPS) is 27.9. The molecule has 0 aromatic rings. The Kier molecular flexibility index (Phi) is 3.17. The first-order chi connectivity index (χ1) is 6.84. The van der Waals surface area contributed by atoms with Crippen LogP contribution in [0.25, 0.3) is 0 Å². The van der Waals surface area contributed by atoms with Crippen molar-refractivity contribution in [1.82, 2.24) is 5.32 Å². The molecule has 76 valence electrons. The summed E-state index contributed by atoms with van der Waals surface area (Å²) >= 11 is 0. The quantitative estimate of drug-likeness (QED) is 0.613. The second kappa shape index (κ2) is 4.58. The summed E-state index contributed by atoms with van der Waals surface area (Å²) in [7, 11) is 0. The number of allylic oxidation sites excluding steroid dienone is 6. The average molecular weight is 191 g/mol. The number of rotatable bonds is 0. The molecule has 2 nitrogen and oxygen atoms in total. The molecular weight excluding hydrogens is 174 g/mol. The molecule has 0 amide bonds. The van der Waals surface area contributed by atoms with Crippen LogP contribution in [0.1, 0.15) is 25.7 Å². The van der Waals surface area contributed by atoms with E-state index in [1.807, 2.05) is 0 Å². The molecule has 0 aromatic heterocycles. The van der Waals surface area contributed by atoms with Gasteiger partial charge >= 0.3 is 0 Å². The van der Waals surface area contributed by atoms with Gasteiger partial charge in [-0.2, -0.15) is 0 Å². The highest BCUT2D eigenvalue weighted by molar-refractivity contribution is 5.49. The Balaban J connectivity index is 0.000000107. The molecule has 2 aliphatic carbocycles. The molecule has 1 saturated heterocycles. The van der Waals surface area contributed by atoms with Gasteiger partial charge in [-0.25, -0.2) is 0 Å². The summed E-state index contributed by atoms with van der Waals surface area (Å²) in [5.74, 6) is 0. The molecule has 3 aliphatic rings. The predicted octanol–water partition coefficient (Wildman–Crippen LogP) is 1.89. The summed E-state index contributed by atoms with van der Waals surface area (Å²) in [5, 5.41) is 11.7. The number of fused-ring (bicyclic) bond motifs is 2. The number of piperidine rings is 1. The summed E-state index contributed by atoms with van der Waals surface area (Å²) in [4.78, 5) is 0. The van der Waals surface area contributed by atoms with Crippen molar-refractivity contribution in [2.24, 2.45) is 0 Å². The molecule has 2 N–H and O–H groups in total. The van der Waals surface area contributed by atoms with Gasteiger partial charge < -0.3 is 5.11 Å². The maximum atomic E-state index is 8.80. The van der Waals surface area contributed by atoms with Crippen molar-refractivity contribution in [2.45, 2.75) is 31.9 Å². The van der Waals surface area contributed by atoms with Crippen molar-refractivity contribution in [1.29, 1.82) is 0 Å². The zero-order valence-corrected chi connectivity index (χ0v) is 8.37. The second-order valence-corrected chi connectivity index (χ2v) is 3.96. The molecular formula is C12H17NO. The van der Waals surface area contributed by atoms with E-state index in [1.165, 1.54) is 30.4 Å². The largest absolute Gasteiger partial charge is 0.379 e. The van der Waals surface area contributed by atoms with Gasteiger partial charge in [-0.3, -0.25) is 5.32 Å². The molecule has 1 atom stereocenters. The van der Waals surface area contributed by atoms with E-state index >= 15 is 0 Å². The first kappa shape index (κ1) is 9.69. The molecule has 1 aliphatic heterocycles. The maximum absolute atomic E-state index is 8.80. The Morgan fingerprint density at radius 3 is 2.07 bits per heavy atom. The van der Waals surface area contributed by atoms with E-state index in [9.17, 15) is 0 Å². The lowest BCUT2D eigenvalue weighted by molar-refractivity contribution is 0.108. The number of aliphatic hydroxyl groups excluding tert-OH is 1. The van der Waals surface area contributed by atoms with Crippen LogP contribution in [0.2, 0.25) is 0 Å². The topological polar surface area (TPSA) is 32.3 Å². The minimum Gasteiger partial charge on any atom is -0.379 e. The van der Waals surface area contributed by atoms with Crippen molar-refractivity contribution in [2.75, 3.05) is 6.54 Å². The van der Waals surface area contributed by atoms with E-state index in [4.69, 9.17) is 5.11 Å². The van der Waals surface area contributed by atoms with Crippen LogP contribution < -0.4 is 5.32 Å². The first-order valence-electron chi connectivity index (χ1n) is 5.34. The molecule has 1 unspecified atom stereocenters. The van der Waals surface area contributed by atoms with Crippen LogP contribution in [0.5, 0.6) is 0 Å². The minimum atomic E-state index is -0.214. The standard InChI is InChI=1S/C7H6.C5H11NO/c1-2-7-4-3-6(1)5-7;7-5-3-1-2-4-6-5/h1-4H,5H2;5-7H,1-4H2. The summed E-state index contributed by atoms with van der Waals surface area (Å²) < 4.78 is 0. The molecule has 0 saturated carbocycles. The van der Waals surface area contributed by atoms with Gasteiger partial charge in [0.15, 0.2) is 0 Å². The van der Waals surface area contributed by atoms with Crippen LogP contribution >= 0.6 is 0 Å². The first-order valence-corrected chi connectivity index (χ1v) is 5.34. The second-order valence-electron chi connectivity index (χ2n) is 3.96.